The van der Waals surface area contributed by atoms with E-state index in [-0.39, 0.29) is 5.82 Å². The van der Waals surface area contributed by atoms with Crippen molar-refractivity contribution in [1.29, 1.82) is 0 Å². The highest BCUT2D eigenvalue weighted by atomic mass is 19.1. The second-order valence-corrected chi connectivity index (χ2v) is 5.14. The number of halogens is 1. The molecule has 1 aliphatic heterocycles. The topological polar surface area (TPSA) is 36.7 Å². The zero-order valence-corrected chi connectivity index (χ0v) is 11.7. The molecule has 1 fully saturated rings. The second kappa shape index (κ2) is 6.10. The largest absolute Gasteiger partial charge is 0.457 e. The summed E-state index contributed by atoms with van der Waals surface area (Å²) in [5, 5.41) is 0. The summed E-state index contributed by atoms with van der Waals surface area (Å²) in [7, 11) is 0. The first-order chi connectivity index (χ1) is 10.3. The summed E-state index contributed by atoms with van der Waals surface area (Å²) in [4.78, 5) is 14.9. The van der Waals surface area contributed by atoms with Crippen molar-refractivity contribution < 1.29 is 13.6 Å². The van der Waals surface area contributed by atoms with Crippen LogP contribution in [0.2, 0.25) is 0 Å². The molecule has 3 rings (SSSR count). The molecule has 4 nitrogen and oxygen atoms in total. The van der Waals surface area contributed by atoms with Crippen molar-refractivity contribution in [3.63, 3.8) is 0 Å². The fourth-order valence-electron chi connectivity index (χ4n) is 2.62. The van der Waals surface area contributed by atoms with Crippen molar-refractivity contribution in [3.05, 3.63) is 53.7 Å². The Kier molecular flexibility index (Phi) is 4.01. The van der Waals surface area contributed by atoms with Crippen LogP contribution in [0.5, 0.6) is 0 Å². The average Bonchev–Trinajstić information content (AvgIpc) is 2.96. The lowest BCUT2D eigenvalue weighted by atomic mass is 10.2. The van der Waals surface area contributed by atoms with Crippen LogP contribution in [0.3, 0.4) is 0 Å². The van der Waals surface area contributed by atoms with Gasteiger partial charge in [-0.1, -0.05) is 12.1 Å². The Hall–Kier alpha value is -2.14. The fraction of sp³-hybridized carbons (Fsp3) is 0.312. The average molecular weight is 288 g/mol. The molecule has 1 saturated heterocycles. The third-order valence-electron chi connectivity index (χ3n) is 3.74. The third kappa shape index (κ3) is 3.13. The van der Waals surface area contributed by atoms with Gasteiger partial charge in [0.2, 0.25) is 0 Å². The first kappa shape index (κ1) is 13.8. The molecule has 0 unspecified atom stereocenters. The molecular formula is C16H17FN2O2. The Balaban J connectivity index is 1.58. The molecule has 1 aromatic heterocycles. The predicted molar refractivity (Wildman–Crippen MR) is 78.0 cm³/mol. The molecule has 0 radical (unpaired) electrons. The van der Waals surface area contributed by atoms with E-state index in [0.717, 1.165) is 31.9 Å². The third-order valence-corrected chi connectivity index (χ3v) is 3.74. The Morgan fingerprint density at radius 2 is 1.86 bits per heavy atom. The molecule has 1 aliphatic rings. The highest BCUT2D eigenvalue weighted by Gasteiger charge is 2.20. The molecular weight excluding hydrogens is 271 g/mol. The predicted octanol–water partition coefficient (Wildman–Crippen LogP) is 2.55. The zero-order valence-electron chi connectivity index (χ0n) is 11.7. The van der Waals surface area contributed by atoms with Crippen LogP contribution in [0.15, 0.2) is 40.8 Å². The molecule has 21 heavy (non-hydrogen) atoms. The van der Waals surface area contributed by atoms with E-state index in [1.807, 2.05) is 18.2 Å². The molecule has 0 spiro atoms. The van der Waals surface area contributed by atoms with Crippen LogP contribution < -0.4 is 4.90 Å². The Morgan fingerprint density at radius 3 is 2.52 bits per heavy atom. The van der Waals surface area contributed by atoms with Gasteiger partial charge in [0.25, 0.3) is 0 Å². The maximum atomic E-state index is 13.8. The van der Waals surface area contributed by atoms with E-state index in [1.54, 1.807) is 12.1 Å². The summed E-state index contributed by atoms with van der Waals surface area (Å²) in [6.07, 6.45) is 0.708. The van der Waals surface area contributed by atoms with Gasteiger partial charge in [0.15, 0.2) is 12.0 Å². The van der Waals surface area contributed by atoms with Crippen molar-refractivity contribution in [2.45, 2.75) is 6.54 Å². The molecule has 0 atom stereocenters. The van der Waals surface area contributed by atoms with Gasteiger partial charge in [0, 0.05) is 26.2 Å². The molecule has 5 heteroatoms. The van der Waals surface area contributed by atoms with Crippen LogP contribution in [0.25, 0.3) is 0 Å². The molecule has 2 heterocycles. The molecule has 0 bridgehead atoms. The summed E-state index contributed by atoms with van der Waals surface area (Å²) < 4.78 is 19.1. The molecule has 0 aliphatic carbocycles. The summed E-state index contributed by atoms with van der Waals surface area (Å²) >= 11 is 0. The minimum Gasteiger partial charge on any atom is -0.457 e. The van der Waals surface area contributed by atoms with E-state index in [9.17, 15) is 9.18 Å². The number of nitrogens with zero attached hydrogens (tertiary/aromatic N) is 2. The van der Waals surface area contributed by atoms with Gasteiger partial charge in [-0.05, 0) is 24.3 Å². The lowest BCUT2D eigenvalue weighted by Crippen LogP contribution is -2.46. The van der Waals surface area contributed by atoms with Crippen LogP contribution in [0.1, 0.15) is 16.3 Å². The van der Waals surface area contributed by atoms with Gasteiger partial charge in [-0.15, -0.1) is 0 Å². The van der Waals surface area contributed by atoms with Crippen molar-refractivity contribution in [2.24, 2.45) is 0 Å². The van der Waals surface area contributed by atoms with E-state index in [0.29, 0.717) is 24.3 Å². The Labute approximate surface area is 122 Å². The number of hydrogen-bond acceptors (Lipinski definition) is 4. The Bertz CT molecular complexity index is 618. The number of benzene rings is 1. The number of hydrogen-bond donors (Lipinski definition) is 0. The zero-order chi connectivity index (χ0) is 14.7. The van der Waals surface area contributed by atoms with E-state index < -0.39 is 0 Å². The number of piperazine rings is 1. The maximum absolute atomic E-state index is 13.8. The van der Waals surface area contributed by atoms with Gasteiger partial charge in [0.1, 0.15) is 11.6 Å². The van der Waals surface area contributed by atoms with E-state index in [1.165, 1.54) is 6.07 Å². The van der Waals surface area contributed by atoms with E-state index in [2.05, 4.69) is 9.80 Å². The quantitative estimate of drug-likeness (QED) is 0.810. The monoisotopic (exact) mass is 288 g/mol. The number of aldehydes is 1. The fourth-order valence-corrected chi connectivity index (χ4v) is 2.62. The molecule has 0 amide bonds. The number of carbonyl (C=O) groups excluding carboxylic acids is 1. The standard InChI is InChI=1S/C16H17FN2O2/c17-15-3-1-2-4-16(15)19-9-7-18(8-10-19)11-13-5-6-14(12-20)21-13/h1-6,12H,7-11H2. The van der Waals surface area contributed by atoms with E-state index >= 15 is 0 Å². The van der Waals surface area contributed by atoms with Gasteiger partial charge >= 0.3 is 0 Å². The molecule has 2 aromatic rings. The van der Waals surface area contributed by atoms with Gasteiger partial charge in [0.05, 0.1) is 12.2 Å². The molecule has 110 valence electrons. The van der Waals surface area contributed by atoms with Crippen LogP contribution in [-0.2, 0) is 6.54 Å². The van der Waals surface area contributed by atoms with E-state index in [4.69, 9.17) is 4.42 Å². The maximum Gasteiger partial charge on any atom is 0.185 e. The number of anilines is 1. The SMILES string of the molecule is O=Cc1ccc(CN2CCN(c3ccccc3F)CC2)o1. The molecule has 0 saturated carbocycles. The van der Waals surface area contributed by atoms with Crippen LogP contribution in [0, 0.1) is 5.82 Å². The van der Waals surface area contributed by atoms with Crippen molar-refractivity contribution in [2.75, 3.05) is 31.1 Å². The summed E-state index contributed by atoms with van der Waals surface area (Å²) in [5.41, 5.74) is 0.665. The van der Waals surface area contributed by atoms with Gasteiger partial charge in [-0.3, -0.25) is 9.69 Å². The summed E-state index contributed by atoms with van der Waals surface area (Å²) in [6, 6.07) is 10.4. The Morgan fingerprint density at radius 1 is 1.10 bits per heavy atom. The highest BCUT2D eigenvalue weighted by Crippen LogP contribution is 2.20. The minimum absolute atomic E-state index is 0.174. The van der Waals surface area contributed by atoms with Gasteiger partial charge in [-0.25, -0.2) is 4.39 Å². The van der Waals surface area contributed by atoms with Crippen molar-refractivity contribution in [1.82, 2.24) is 4.90 Å². The van der Waals surface area contributed by atoms with Crippen molar-refractivity contribution >= 4 is 12.0 Å². The van der Waals surface area contributed by atoms with Crippen LogP contribution in [-0.4, -0.2) is 37.4 Å². The van der Waals surface area contributed by atoms with Crippen LogP contribution in [0.4, 0.5) is 10.1 Å². The lowest BCUT2D eigenvalue weighted by molar-refractivity contribution is 0.109. The first-order valence-electron chi connectivity index (χ1n) is 7.02. The smallest absolute Gasteiger partial charge is 0.185 e. The first-order valence-corrected chi connectivity index (χ1v) is 7.02. The summed E-state index contributed by atoms with van der Waals surface area (Å²) in [6.45, 7) is 3.92. The molecule has 0 N–H and O–H groups in total. The summed E-state index contributed by atoms with van der Waals surface area (Å²) in [5.74, 6) is 0.971. The van der Waals surface area contributed by atoms with Crippen molar-refractivity contribution in [3.8, 4) is 0 Å². The van der Waals surface area contributed by atoms with Crippen LogP contribution >= 0.6 is 0 Å². The normalized spacial score (nSPS) is 16.1. The minimum atomic E-state index is -0.174. The number of furan rings is 1. The number of para-hydroxylation sites is 1. The highest BCUT2D eigenvalue weighted by molar-refractivity contribution is 5.70. The number of rotatable bonds is 4. The number of carbonyl (C=O) groups is 1. The lowest BCUT2D eigenvalue weighted by Gasteiger charge is -2.35. The van der Waals surface area contributed by atoms with Gasteiger partial charge in [-0.2, -0.15) is 0 Å². The van der Waals surface area contributed by atoms with Gasteiger partial charge < -0.3 is 9.32 Å². The molecule has 1 aromatic carbocycles. The second-order valence-electron chi connectivity index (χ2n) is 5.14.